The van der Waals surface area contributed by atoms with Gasteiger partial charge in [0.25, 0.3) is 15.9 Å². The molecule has 1 N–H and O–H groups in total. The van der Waals surface area contributed by atoms with Crippen LogP contribution in [-0.4, -0.2) is 14.3 Å². The highest BCUT2D eigenvalue weighted by atomic mass is 32.2. The molecule has 0 fully saturated rings. The molecule has 70 valence electrons. The smallest absolute Gasteiger partial charge is 0.297 e. The minimum Gasteiger partial charge on any atom is -0.451 e. The van der Waals surface area contributed by atoms with Crippen molar-refractivity contribution >= 4 is 15.9 Å². The minimum atomic E-state index is -3.87. The van der Waals surface area contributed by atoms with Crippen molar-refractivity contribution in [3.8, 4) is 0 Å². The zero-order valence-electron chi connectivity index (χ0n) is 6.56. The third kappa shape index (κ3) is 2.19. The molecule has 13 heavy (non-hydrogen) atoms. The van der Waals surface area contributed by atoms with Gasteiger partial charge in [0.2, 0.25) is 5.09 Å². The molecule has 6 heteroatoms. The number of hydrogen-bond donors (Lipinski definition) is 1. The van der Waals surface area contributed by atoms with E-state index in [-0.39, 0.29) is 5.09 Å². The molecule has 1 amide bonds. The number of sulfonamides is 1. The number of furan rings is 1. The fraction of sp³-hybridized carbons (Fsp3) is 0. The van der Waals surface area contributed by atoms with Crippen LogP contribution in [0.15, 0.2) is 40.6 Å². The summed E-state index contributed by atoms with van der Waals surface area (Å²) in [5.74, 6) is -0.795. The second-order valence-corrected chi connectivity index (χ2v) is 3.72. The van der Waals surface area contributed by atoms with Crippen molar-refractivity contribution < 1.29 is 17.6 Å². The van der Waals surface area contributed by atoms with Gasteiger partial charge in [-0.25, -0.2) is 4.72 Å². The Bertz CT molecular complexity index is 404. The second-order valence-electron chi connectivity index (χ2n) is 2.11. The van der Waals surface area contributed by atoms with Crippen molar-refractivity contribution in [2.24, 2.45) is 0 Å². The molecule has 0 bridgehead atoms. The Balaban J connectivity index is 2.91. The van der Waals surface area contributed by atoms with Gasteiger partial charge >= 0.3 is 0 Å². The Morgan fingerprint density at radius 3 is 2.77 bits per heavy atom. The quantitative estimate of drug-likeness (QED) is 0.712. The molecule has 0 aliphatic heterocycles. The van der Waals surface area contributed by atoms with Gasteiger partial charge in [-0.05, 0) is 18.2 Å². The van der Waals surface area contributed by atoms with E-state index in [0.29, 0.717) is 0 Å². The topological polar surface area (TPSA) is 76.4 Å². The van der Waals surface area contributed by atoms with Gasteiger partial charge in [0.15, 0.2) is 0 Å². The Morgan fingerprint density at radius 2 is 2.31 bits per heavy atom. The monoisotopic (exact) mass is 201 g/mol. The lowest BCUT2D eigenvalue weighted by Crippen LogP contribution is -2.28. The number of nitrogens with one attached hydrogen (secondary N) is 1. The lowest BCUT2D eigenvalue weighted by atomic mass is 10.6. The summed E-state index contributed by atoms with van der Waals surface area (Å²) >= 11 is 0. The fourth-order valence-corrected chi connectivity index (χ4v) is 1.53. The van der Waals surface area contributed by atoms with Crippen LogP contribution in [0.2, 0.25) is 0 Å². The summed E-state index contributed by atoms with van der Waals surface area (Å²) < 4.78 is 28.7. The van der Waals surface area contributed by atoms with Crippen LogP contribution in [0, 0.1) is 0 Å². The molecule has 0 saturated heterocycles. The Kier molecular flexibility index (Phi) is 2.52. The molecule has 0 unspecified atom stereocenters. The fourth-order valence-electron chi connectivity index (χ4n) is 0.641. The first kappa shape index (κ1) is 9.53. The van der Waals surface area contributed by atoms with E-state index in [2.05, 4.69) is 11.0 Å². The summed E-state index contributed by atoms with van der Waals surface area (Å²) in [6, 6.07) is 2.64. The van der Waals surface area contributed by atoms with Crippen molar-refractivity contribution in [3.05, 3.63) is 31.1 Å². The van der Waals surface area contributed by atoms with Crippen LogP contribution in [0.3, 0.4) is 0 Å². The predicted octanol–water partition coefficient (Wildman–Crippen LogP) is 0.271. The average Bonchev–Trinajstić information content (AvgIpc) is 2.55. The summed E-state index contributed by atoms with van der Waals surface area (Å²) in [7, 11) is -3.87. The number of carbonyl (C=O) groups excluding carboxylic acids is 1. The Labute approximate surface area is 75.1 Å². The van der Waals surface area contributed by atoms with Crippen LogP contribution in [0.25, 0.3) is 0 Å². The first-order chi connectivity index (χ1) is 6.06. The van der Waals surface area contributed by atoms with E-state index in [1.54, 1.807) is 4.72 Å². The van der Waals surface area contributed by atoms with Crippen LogP contribution < -0.4 is 4.72 Å². The summed E-state index contributed by atoms with van der Waals surface area (Å²) in [4.78, 5) is 10.7. The van der Waals surface area contributed by atoms with Gasteiger partial charge in [-0.3, -0.25) is 4.79 Å². The van der Waals surface area contributed by atoms with Crippen LogP contribution in [0.5, 0.6) is 0 Å². The molecule has 5 nitrogen and oxygen atoms in total. The van der Waals surface area contributed by atoms with Crippen LogP contribution >= 0.6 is 0 Å². The largest absolute Gasteiger partial charge is 0.451 e. The van der Waals surface area contributed by atoms with Gasteiger partial charge in [-0.2, -0.15) is 8.42 Å². The molecule has 0 radical (unpaired) electrons. The van der Waals surface area contributed by atoms with E-state index in [9.17, 15) is 13.2 Å². The average molecular weight is 201 g/mol. The van der Waals surface area contributed by atoms with E-state index in [1.165, 1.54) is 18.4 Å². The SMILES string of the molecule is C=CC(=O)NS(=O)(=O)c1ccco1. The maximum Gasteiger partial charge on any atom is 0.297 e. The van der Waals surface area contributed by atoms with Crippen LogP contribution in [0.4, 0.5) is 0 Å². The molecule has 0 atom stereocenters. The van der Waals surface area contributed by atoms with Gasteiger partial charge in [-0.1, -0.05) is 6.58 Å². The van der Waals surface area contributed by atoms with Crippen LogP contribution in [0.1, 0.15) is 0 Å². The number of amides is 1. The van der Waals surface area contributed by atoms with E-state index >= 15 is 0 Å². The first-order valence-corrected chi connectivity index (χ1v) is 4.77. The van der Waals surface area contributed by atoms with Crippen molar-refractivity contribution in [1.82, 2.24) is 4.72 Å². The van der Waals surface area contributed by atoms with Gasteiger partial charge < -0.3 is 4.42 Å². The number of rotatable bonds is 3. The Hall–Kier alpha value is -1.56. The van der Waals surface area contributed by atoms with Gasteiger partial charge in [0.1, 0.15) is 0 Å². The summed E-state index contributed by atoms with van der Waals surface area (Å²) in [5.41, 5.74) is 0. The van der Waals surface area contributed by atoms with E-state index < -0.39 is 15.9 Å². The zero-order valence-corrected chi connectivity index (χ0v) is 7.37. The molecule has 0 saturated carbocycles. The molecule has 0 spiro atoms. The third-order valence-electron chi connectivity index (χ3n) is 1.18. The highest BCUT2D eigenvalue weighted by Gasteiger charge is 2.18. The summed E-state index contributed by atoms with van der Waals surface area (Å²) in [5, 5.41) is -0.303. The number of hydrogen-bond acceptors (Lipinski definition) is 4. The molecule has 1 heterocycles. The lowest BCUT2D eigenvalue weighted by Gasteiger charge is -1.99. The Morgan fingerprint density at radius 1 is 1.62 bits per heavy atom. The van der Waals surface area contributed by atoms with E-state index in [0.717, 1.165) is 6.08 Å². The predicted molar refractivity (Wildman–Crippen MR) is 44.2 cm³/mol. The van der Waals surface area contributed by atoms with Crippen molar-refractivity contribution in [2.45, 2.75) is 5.09 Å². The zero-order chi connectivity index (χ0) is 9.90. The minimum absolute atomic E-state index is 0.303. The van der Waals surface area contributed by atoms with Crippen molar-refractivity contribution in [1.29, 1.82) is 0 Å². The van der Waals surface area contributed by atoms with Gasteiger partial charge in [0.05, 0.1) is 6.26 Å². The molecular weight excluding hydrogens is 194 g/mol. The van der Waals surface area contributed by atoms with Crippen LogP contribution in [-0.2, 0) is 14.8 Å². The van der Waals surface area contributed by atoms with Gasteiger partial charge in [-0.15, -0.1) is 0 Å². The molecule has 1 aromatic heterocycles. The third-order valence-corrected chi connectivity index (χ3v) is 2.41. The van der Waals surface area contributed by atoms with Crippen molar-refractivity contribution in [2.75, 3.05) is 0 Å². The molecule has 0 aliphatic rings. The lowest BCUT2D eigenvalue weighted by molar-refractivity contribution is -0.114. The van der Waals surface area contributed by atoms with Gasteiger partial charge in [0, 0.05) is 0 Å². The number of carbonyl (C=O) groups is 1. The molecular formula is C7H7NO4S. The molecule has 0 aliphatic carbocycles. The second kappa shape index (κ2) is 3.44. The highest BCUT2D eigenvalue weighted by Crippen LogP contribution is 2.07. The maximum atomic E-state index is 11.2. The summed E-state index contributed by atoms with van der Waals surface area (Å²) in [6.45, 7) is 3.12. The maximum absolute atomic E-state index is 11.2. The first-order valence-electron chi connectivity index (χ1n) is 3.29. The summed E-state index contributed by atoms with van der Waals surface area (Å²) in [6.07, 6.45) is 2.06. The molecule has 0 aromatic carbocycles. The standard InChI is InChI=1S/C7H7NO4S/c1-2-6(9)8-13(10,11)7-4-3-5-12-7/h2-5H,1H2,(H,8,9). The normalized spacial score (nSPS) is 10.8. The molecule has 1 aromatic rings. The van der Waals surface area contributed by atoms with E-state index in [4.69, 9.17) is 0 Å². The van der Waals surface area contributed by atoms with E-state index in [1.807, 2.05) is 0 Å². The molecule has 1 rings (SSSR count). The van der Waals surface area contributed by atoms with Crippen molar-refractivity contribution in [3.63, 3.8) is 0 Å². The highest BCUT2D eigenvalue weighted by molar-refractivity contribution is 7.89.